The Bertz CT molecular complexity index is 575. The summed E-state index contributed by atoms with van der Waals surface area (Å²) >= 11 is 0. The smallest absolute Gasteiger partial charge is 0.188 e. The predicted molar refractivity (Wildman–Crippen MR) is 91.5 cm³/mol. The summed E-state index contributed by atoms with van der Waals surface area (Å²) in [4.78, 5) is 12.2. The van der Waals surface area contributed by atoms with E-state index in [2.05, 4.69) is 26.7 Å². The molecule has 1 unspecified atom stereocenters. The van der Waals surface area contributed by atoms with Crippen LogP contribution in [0.2, 0.25) is 0 Å². The van der Waals surface area contributed by atoms with Gasteiger partial charge in [0.1, 0.15) is 0 Å². The van der Waals surface area contributed by atoms with Crippen LogP contribution in [-0.2, 0) is 6.42 Å². The summed E-state index contributed by atoms with van der Waals surface area (Å²) in [7, 11) is 0. The second-order valence-electron chi connectivity index (χ2n) is 5.18. The van der Waals surface area contributed by atoms with E-state index in [1.807, 2.05) is 36.4 Å². The highest BCUT2D eigenvalue weighted by molar-refractivity contribution is 6.08. The van der Waals surface area contributed by atoms with E-state index in [0.717, 1.165) is 29.5 Å². The lowest BCUT2D eigenvalue weighted by Crippen LogP contribution is -2.11. The van der Waals surface area contributed by atoms with E-state index < -0.39 is 0 Å². The van der Waals surface area contributed by atoms with Gasteiger partial charge in [-0.3, -0.25) is 4.79 Å². The number of carbonyl (C=O) groups excluding carboxylic acids is 1. The Kier molecular flexibility index (Phi) is 6.61. The van der Waals surface area contributed by atoms with Gasteiger partial charge in [-0.25, -0.2) is 0 Å². The first kappa shape index (κ1) is 16.9. The molecule has 1 atom stereocenters. The van der Waals surface area contributed by atoms with Crippen LogP contribution < -0.4 is 0 Å². The zero-order valence-corrected chi connectivity index (χ0v) is 13.1. The maximum Gasteiger partial charge on any atom is 0.188 e. The Morgan fingerprint density at radius 3 is 2.48 bits per heavy atom. The number of allylic oxidation sites excluding steroid dienone is 5. The van der Waals surface area contributed by atoms with Gasteiger partial charge in [0.15, 0.2) is 5.78 Å². The molecule has 1 aromatic rings. The van der Waals surface area contributed by atoms with Crippen molar-refractivity contribution in [3.05, 3.63) is 84.5 Å². The van der Waals surface area contributed by atoms with Crippen LogP contribution in [-0.4, -0.2) is 5.78 Å². The van der Waals surface area contributed by atoms with Gasteiger partial charge >= 0.3 is 0 Å². The molecule has 21 heavy (non-hydrogen) atoms. The van der Waals surface area contributed by atoms with Crippen LogP contribution in [0, 0.1) is 5.92 Å². The molecule has 0 saturated heterocycles. The molecule has 0 aliphatic carbocycles. The van der Waals surface area contributed by atoms with Crippen LogP contribution in [0.25, 0.3) is 0 Å². The van der Waals surface area contributed by atoms with E-state index in [9.17, 15) is 4.79 Å². The molecule has 0 aromatic heterocycles. The standard InChI is InChI=1S/C20H24O/c1-6-11-16(7-2)17(8-3)14-18-12-9-10-13-19(18)20(21)15(4)5/h6-7,9-13,17H,1-2,4,8,14H2,3,5H3/b16-11+. The first-order valence-corrected chi connectivity index (χ1v) is 7.28. The fraction of sp³-hybridized carbons (Fsp3) is 0.250. The maximum atomic E-state index is 12.2. The number of carbonyl (C=O) groups is 1. The lowest BCUT2D eigenvalue weighted by Gasteiger charge is -2.18. The summed E-state index contributed by atoms with van der Waals surface area (Å²) in [5, 5.41) is 0. The molecule has 0 N–H and O–H groups in total. The third-order valence-electron chi connectivity index (χ3n) is 3.63. The molecular weight excluding hydrogens is 256 g/mol. The van der Waals surface area contributed by atoms with Crippen LogP contribution >= 0.6 is 0 Å². The van der Waals surface area contributed by atoms with Gasteiger partial charge in [0.05, 0.1) is 0 Å². The average molecular weight is 280 g/mol. The van der Waals surface area contributed by atoms with Crippen molar-refractivity contribution < 1.29 is 4.79 Å². The topological polar surface area (TPSA) is 17.1 Å². The van der Waals surface area contributed by atoms with E-state index in [1.54, 1.807) is 13.0 Å². The maximum absolute atomic E-state index is 12.2. The largest absolute Gasteiger partial charge is 0.289 e. The fourth-order valence-electron chi connectivity index (χ4n) is 2.42. The second-order valence-corrected chi connectivity index (χ2v) is 5.18. The van der Waals surface area contributed by atoms with Gasteiger partial charge in [0.2, 0.25) is 0 Å². The number of ketones is 1. The van der Waals surface area contributed by atoms with Crippen LogP contribution in [0.5, 0.6) is 0 Å². The minimum Gasteiger partial charge on any atom is -0.289 e. The third-order valence-corrected chi connectivity index (χ3v) is 3.63. The Balaban J connectivity index is 3.14. The number of Topliss-reactive ketones (excluding diaryl/α,β-unsaturated/α-hetero) is 1. The predicted octanol–water partition coefficient (Wildman–Crippen LogP) is 5.31. The van der Waals surface area contributed by atoms with Gasteiger partial charge in [0, 0.05) is 5.56 Å². The van der Waals surface area contributed by atoms with Crippen molar-refractivity contribution in [3.63, 3.8) is 0 Å². The van der Waals surface area contributed by atoms with Crippen molar-refractivity contribution in [2.45, 2.75) is 26.7 Å². The Labute approximate surface area is 128 Å². The van der Waals surface area contributed by atoms with E-state index in [0.29, 0.717) is 11.5 Å². The number of hydrogen-bond donors (Lipinski definition) is 0. The molecule has 1 nitrogen and oxygen atoms in total. The average Bonchev–Trinajstić information content (AvgIpc) is 2.50. The van der Waals surface area contributed by atoms with Crippen molar-refractivity contribution in [1.82, 2.24) is 0 Å². The van der Waals surface area contributed by atoms with Gasteiger partial charge < -0.3 is 0 Å². The minimum absolute atomic E-state index is 0.0216. The fourth-order valence-corrected chi connectivity index (χ4v) is 2.42. The highest BCUT2D eigenvalue weighted by Gasteiger charge is 2.16. The van der Waals surface area contributed by atoms with Crippen LogP contribution in [0.1, 0.15) is 36.2 Å². The van der Waals surface area contributed by atoms with Gasteiger partial charge in [-0.05, 0) is 42.4 Å². The summed E-state index contributed by atoms with van der Waals surface area (Å²) in [6.07, 6.45) is 7.45. The molecule has 1 heteroatoms. The Hall–Kier alpha value is -2.15. The summed E-state index contributed by atoms with van der Waals surface area (Å²) in [5.74, 6) is 0.355. The van der Waals surface area contributed by atoms with E-state index in [1.165, 1.54) is 0 Å². The molecule has 0 saturated carbocycles. The van der Waals surface area contributed by atoms with E-state index in [4.69, 9.17) is 0 Å². The summed E-state index contributed by atoms with van der Waals surface area (Å²) < 4.78 is 0. The van der Waals surface area contributed by atoms with Crippen LogP contribution in [0.3, 0.4) is 0 Å². The Morgan fingerprint density at radius 1 is 1.29 bits per heavy atom. The second kappa shape index (κ2) is 8.21. The van der Waals surface area contributed by atoms with Gasteiger partial charge in [0.25, 0.3) is 0 Å². The molecule has 0 aliphatic heterocycles. The van der Waals surface area contributed by atoms with E-state index in [-0.39, 0.29) is 5.78 Å². The molecule has 1 rings (SSSR count). The molecule has 0 bridgehead atoms. The van der Waals surface area contributed by atoms with Gasteiger partial charge in [-0.2, -0.15) is 0 Å². The molecule has 0 spiro atoms. The van der Waals surface area contributed by atoms with Gasteiger partial charge in [-0.15, -0.1) is 0 Å². The van der Waals surface area contributed by atoms with Crippen LogP contribution in [0.4, 0.5) is 0 Å². The molecule has 0 aliphatic rings. The van der Waals surface area contributed by atoms with Crippen LogP contribution in [0.15, 0.2) is 73.4 Å². The van der Waals surface area contributed by atoms with Crippen molar-refractivity contribution >= 4 is 5.78 Å². The lowest BCUT2D eigenvalue weighted by molar-refractivity contribution is 0.103. The monoisotopic (exact) mass is 280 g/mol. The highest BCUT2D eigenvalue weighted by Crippen LogP contribution is 2.24. The zero-order chi connectivity index (χ0) is 15.8. The van der Waals surface area contributed by atoms with Crippen molar-refractivity contribution in [1.29, 1.82) is 0 Å². The number of benzene rings is 1. The number of rotatable bonds is 8. The van der Waals surface area contributed by atoms with Crippen molar-refractivity contribution in [2.24, 2.45) is 5.92 Å². The molecule has 1 aromatic carbocycles. The van der Waals surface area contributed by atoms with Gasteiger partial charge in [-0.1, -0.05) is 69.2 Å². The third kappa shape index (κ3) is 4.42. The molecular formula is C20H24O. The first-order valence-electron chi connectivity index (χ1n) is 7.28. The van der Waals surface area contributed by atoms with Crippen molar-refractivity contribution in [3.8, 4) is 0 Å². The summed E-state index contributed by atoms with van der Waals surface area (Å²) in [5.41, 5.74) is 3.55. The quantitative estimate of drug-likeness (QED) is 0.358. The molecule has 0 heterocycles. The first-order chi connectivity index (χ1) is 10.0. The summed E-state index contributed by atoms with van der Waals surface area (Å²) in [6.45, 7) is 15.3. The number of hydrogen-bond acceptors (Lipinski definition) is 1. The molecule has 110 valence electrons. The molecule has 0 fully saturated rings. The normalized spacial score (nSPS) is 12.6. The lowest BCUT2D eigenvalue weighted by atomic mass is 9.86. The molecule has 0 amide bonds. The van der Waals surface area contributed by atoms with Crippen molar-refractivity contribution in [2.75, 3.05) is 0 Å². The SMILES string of the molecule is C=C/C=C(\C=C)C(CC)Cc1ccccc1C(=O)C(=C)C. The Morgan fingerprint density at radius 2 is 1.95 bits per heavy atom. The summed E-state index contributed by atoms with van der Waals surface area (Å²) in [6, 6.07) is 7.77. The highest BCUT2D eigenvalue weighted by atomic mass is 16.1. The zero-order valence-electron chi connectivity index (χ0n) is 13.1. The van der Waals surface area contributed by atoms with E-state index >= 15 is 0 Å². The minimum atomic E-state index is 0.0216. The molecule has 0 radical (unpaired) electrons.